The average Bonchev–Trinajstić information content (AvgIpc) is 3.60. The van der Waals surface area contributed by atoms with Gasteiger partial charge in [-0.1, -0.05) is 12.1 Å². The van der Waals surface area contributed by atoms with Crippen molar-refractivity contribution in [2.45, 2.75) is 45.4 Å². The molecule has 1 aromatic carbocycles. The summed E-state index contributed by atoms with van der Waals surface area (Å²) in [7, 11) is -0.827. The molecule has 2 saturated heterocycles. The number of halogens is 1. The first kappa shape index (κ1) is 29.1. The molecule has 5 heterocycles. The molecule has 1 N–H and O–H groups in total. The van der Waals surface area contributed by atoms with E-state index in [1.807, 2.05) is 25.1 Å². The van der Waals surface area contributed by atoms with E-state index in [4.69, 9.17) is 4.74 Å². The predicted octanol–water partition coefficient (Wildman–Crippen LogP) is 3.30. The van der Waals surface area contributed by atoms with Crippen molar-refractivity contribution in [3.8, 4) is 17.1 Å². The molecule has 2 fully saturated rings. The summed E-state index contributed by atoms with van der Waals surface area (Å²) in [6.07, 6.45) is 4.36. The first-order valence-electron chi connectivity index (χ1n) is 13.8. The van der Waals surface area contributed by atoms with E-state index >= 15 is 0 Å². The second kappa shape index (κ2) is 11.9. The van der Waals surface area contributed by atoms with Crippen LogP contribution in [0.1, 0.15) is 35.8 Å². The van der Waals surface area contributed by atoms with Crippen LogP contribution in [-0.4, -0.2) is 81.6 Å². The summed E-state index contributed by atoms with van der Waals surface area (Å²) in [6.45, 7) is 3.61. The van der Waals surface area contributed by atoms with Gasteiger partial charge in [-0.3, -0.25) is 23.3 Å². The van der Waals surface area contributed by atoms with E-state index in [1.54, 1.807) is 29.4 Å². The summed E-state index contributed by atoms with van der Waals surface area (Å²) >= 11 is 3.33. The molecule has 1 atom stereocenters. The molecule has 0 spiro atoms. The van der Waals surface area contributed by atoms with Gasteiger partial charge in [-0.25, -0.2) is 15.0 Å². The summed E-state index contributed by atoms with van der Waals surface area (Å²) in [5.41, 5.74) is 3.16. The number of ether oxygens (including phenoxy) is 1. The van der Waals surface area contributed by atoms with Gasteiger partial charge in [-0.15, -0.1) is 0 Å². The normalized spacial score (nSPS) is 19.7. The molecule has 4 aromatic rings. The summed E-state index contributed by atoms with van der Waals surface area (Å²) in [5.74, 6) is 0.622. The van der Waals surface area contributed by atoms with Crippen LogP contribution in [0.25, 0.3) is 22.0 Å². The summed E-state index contributed by atoms with van der Waals surface area (Å²) in [4.78, 5) is 53.7. The maximum atomic E-state index is 13.5. The molecule has 3 aromatic heterocycles. The lowest BCUT2D eigenvalue weighted by molar-refractivity contribution is -0.137. The van der Waals surface area contributed by atoms with Gasteiger partial charge in [0.25, 0.3) is 0 Å². The maximum Gasteiger partial charge on any atom is 0.316 e. The molecule has 0 radical (unpaired) electrons. The summed E-state index contributed by atoms with van der Waals surface area (Å²) < 4.78 is 19.0. The lowest BCUT2D eigenvalue weighted by atomic mass is 10.0. The largest absolute Gasteiger partial charge is 0.458 e. The van der Waals surface area contributed by atoms with Crippen LogP contribution in [0.4, 0.5) is 5.82 Å². The Bertz CT molecular complexity index is 1770. The van der Waals surface area contributed by atoms with Crippen molar-refractivity contribution in [3.63, 3.8) is 0 Å². The highest BCUT2D eigenvalue weighted by atomic mass is 79.9. The van der Waals surface area contributed by atoms with E-state index in [1.165, 1.54) is 11.6 Å². The Morgan fingerprint density at radius 3 is 2.60 bits per heavy atom. The number of pyridine rings is 1. The first-order chi connectivity index (χ1) is 20.7. The van der Waals surface area contributed by atoms with Crippen molar-refractivity contribution in [1.82, 2.24) is 29.6 Å². The highest BCUT2D eigenvalue weighted by Gasteiger charge is 2.35. The van der Waals surface area contributed by atoms with Crippen molar-refractivity contribution >= 4 is 61.0 Å². The number of nitrogens with zero attached hydrogens (tertiary/aromatic N) is 6. The number of ketones is 1. The van der Waals surface area contributed by atoms with E-state index in [0.29, 0.717) is 57.8 Å². The van der Waals surface area contributed by atoms with Crippen LogP contribution < -0.4 is 10.1 Å². The fourth-order valence-corrected chi connectivity index (χ4v) is 6.41. The van der Waals surface area contributed by atoms with Gasteiger partial charge in [0.05, 0.1) is 17.0 Å². The monoisotopic (exact) mass is 665 g/mol. The van der Waals surface area contributed by atoms with Crippen molar-refractivity contribution in [1.29, 1.82) is 0 Å². The van der Waals surface area contributed by atoms with Crippen LogP contribution in [0.3, 0.4) is 0 Å². The SMILES string of the molecule is CC(=O)c1nn(CC(=O)N2CCCC2C(=O)Nc2nc(Br)ccc2C)c2ccc(-c3cnc(OC4CS(=O)C4)nc3)cc12. The lowest BCUT2D eigenvalue weighted by Crippen LogP contribution is -2.44. The molecule has 0 saturated carbocycles. The van der Waals surface area contributed by atoms with Crippen LogP contribution in [0.5, 0.6) is 6.01 Å². The van der Waals surface area contributed by atoms with Gasteiger partial charge >= 0.3 is 6.01 Å². The standard InChI is InChI=1S/C29H28BrN7O5S/c1-16-5-8-24(30)33-27(16)34-28(40)23-4-3-9-36(23)25(39)13-37-22-7-6-18(10-21(22)26(35-37)17(2)38)19-11-31-29(32-12-19)42-20-14-43(41)15-20/h5-8,10-12,20,23H,3-4,9,13-15H2,1-2H3,(H,33,34,40). The number of benzene rings is 1. The highest BCUT2D eigenvalue weighted by Crippen LogP contribution is 2.28. The third kappa shape index (κ3) is 6.07. The Hall–Kier alpha value is -4.04. The van der Waals surface area contributed by atoms with Crippen LogP contribution in [0.2, 0.25) is 0 Å². The number of rotatable bonds is 8. The minimum atomic E-state index is -0.827. The first-order valence-corrected chi connectivity index (χ1v) is 16.0. The zero-order chi connectivity index (χ0) is 30.2. The van der Waals surface area contributed by atoms with E-state index < -0.39 is 16.8 Å². The number of nitrogens with one attached hydrogen (secondary N) is 1. The highest BCUT2D eigenvalue weighted by molar-refractivity contribution is 9.10. The van der Waals surface area contributed by atoms with Crippen molar-refractivity contribution in [2.75, 3.05) is 23.4 Å². The Kier molecular flexibility index (Phi) is 8.05. The third-order valence-electron chi connectivity index (χ3n) is 7.53. The number of aromatic nitrogens is 5. The Balaban J connectivity index is 1.20. The number of amides is 2. The number of fused-ring (bicyclic) bond motifs is 1. The smallest absolute Gasteiger partial charge is 0.316 e. The zero-order valence-corrected chi connectivity index (χ0v) is 25.9. The number of aryl methyl sites for hydroxylation is 1. The quantitative estimate of drug-likeness (QED) is 0.221. The van der Waals surface area contributed by atoms with E-state index in [0.717, 1.165) is 11.1 Å². The number of hydrogen-bond acceptors (Lipinski definition) is 9. The molecular formula is C29H28BrN7O5S. The molecule has 222 valence electrons. The molecule has 0 aliphatic carbocycles. The number of carbonyl (C=O) groups is 3. The number of likely N-dealkylation sites (tertiary alicyclic amines) is 1. The molecule has 0 bridgehead atoms. The van der Waals surface area contributed by atoms with E-state index in [9.17, 15) is 18.6 Å². The number of hydrogen-bond donors (Lipinski definition) is 1. The third-order valence-corrected chi connectivity index (χ3v) is 9.46. The molecule has 2 aliphatic rings. The van der Waals surface area contributed by atoms with E-state index in [2.05, 4.69) is 41.3 Å². The molecule has 2 aliphatic heterocycles. The molecular weight excluding hydrogens is 638 g/mol. The van der Waals surface area contributed by atoms with Gasteiger partial charge in [-0.2, -0.15) is 5.10 Å². The number of anilines is 1. The Labute approximate surface area is 257 Å². The number of Topliss-reactive ketones (excluding diaryl/α,β-unsaturated/α-hetero) is 1. The zero-order valence-electron chi connectivity index (χ0n) is 23.4. The van der Waals surface area contributed by atoms with Gasteiger partial charge in [0.15, 0.2) is 5.78 Å². The van der Waals surface area contributed by atoms with Crippen LogP contribution in [0.15, 0.2) is 47.3 Å². The van der Waals surface area contributed by atoms with Gasteiger partial charge in [0.2, 0.25) is 11.8 Å². The fraction of sp³-hybridized carbons (Fsp3) is 0.345. The fourth-order valence-electron chi connectivity index (χ4n) is 5.24. The van der Waals surface area contributed by atoms with Gasteiger partial charge < -0.3 is 15.0 Å². The molecule has 2 amide bonds. The second-order valence-corrected chi connectivity index (χ2v) is 13.0. The van der Waals surface area contributed by atoms with Crippen LogP contribution >= 0.6 is 15.9 Å². The predicted molar refractivity (Wildman–Crippen MR) is 163 cm³/mol. The summed E-state index contributed by atoms with van der Waals surface area (Å²) in [6, 6.07) is 8.72. The molecule has 14 heteroatoms. The molecule has 12 nitrogen and oxygen atoms in total. The van der Waals surface area contributed by atoms with Gasteiger partial charge in [-0.05, 0) is 65.0 Å². The maximum absolute atomic E-state index is 13.5. The minimum absolute atomic E-state index is 0.123. The van der Waals surface area contributed by atoms with Gasteiger partial charge in [0.1, 0.15) is 34.8 Å². The second-order valence-electron chi connectivity index (χ2n) is 10.6. The Morgan fingerprint density at radius 1 is 1.12 bits per heavy atom. The topological polar surface area (TPSA) is 149 Å². The van der Waals surface area contributed by atoms with Crippen molar-refractivity contribution in [2.24, 2.45) is 0 Å². The summed E-state index contributed by atoms with van der Waals surface area (Å²) in [5, 5.41) is 7.95. The molecule has 43 heavy (non-hydrogen) atoms. The average molecular weight is 667 g/mol. The minimum Gasteiger partial charge on any atom is -0.458 e. The molecule has 1 unspecified atom stereocenters. The van der Waals surface area contributed by atoms with Gasteiger partial charge in [0, 0.05) is 47.6 Å². The Morgan fingerprint density at radius 2 is 1.88 bits per heavy atom. The lowest BCUT2D eigenvalue weighted by Gasteiger charge is -2.24. The van der Waals surface area contributed by atoms with Crippen molar-refractivity contribution < 1.29 is 23.3 Å². The number of carbonyl (C=O) groups excluding carboxylic acids is 3. The molecule has 6 rings (SSSR count). The van der Waals surface area contributed by atoms with Crippen LogP contribution in [0, 0.1) is 6.92 Å². The van der Waals surface area contributed by atoms with Crippen molar-refractivity contribution in [3.05, 3.63) is 58.6 Å². The van der Waals surface area contributed by atoms with E-state index in [-0.39, 0.29) is 42.0 Å². The van der Waals surface area contributed by atoms with Crippen LogP contribution in [-0.2, 0) is 26.9 Å².